The molecule has 140 valence electrons. The Bertz CT molecular complexity index is 685. The number of hydrogen-bond acceptors (Lipinski definition) is 3. The molecule has 1 aromatic heterocycles. The molecule has 0 aliphatic carbocycles. The van der Waals surface area contributed by atoms with Crippen LogP contribution in [0.4, 0.5) is 0 Å². The molecule has 0 amide bonds. The zero-order valence-electron chi connectivity index (χ0n) is 16.2. The smallest absolute Gasteiger partial charge is 0.213 e. The normalized spacial score (nSPS) is 12.7. The minimum absolute atomic E-state index is 0.356. The van der Waals surface area contributed by atoms with Crippen LogP contribution < -0.4 is 15.4 Å². The van der Waals surface area contributed by atoms with Gasteiger partial charge in [0.1, 0.15) is 6.61 Å². The van der Waals surface area contributed by atoms with Crippen LogP contribution in [0.5, 0.6) is 5.88 Å². The Labute approximate surface area is 156 Å². The van der Waals surface area contributed by atoms with Crippen molar-refractivity contribution in [1.82, 2.24) is 15.6 Å². The summed E-state index contributed by atoms with van der Waals surface area (Å²) in [5.74, 6) is 1.99. The van der Waals surface area contributed by atoms with Crippen LogP contribution in [0.25, 0.3) is 0 Å². The van der Waals surface area contributed by atoms with E-state index < -0.39 is 0 Å². The van der Waals surface area contributed by atoms with Gasteiger partial charge in [-0.1, -0.05) is 44.2 Å². The van der Waals surface area contributed by atoms with Gasteiger partial charge < -0.3 is 15.4 Å². The Morgan fingerprint density at radius 1 is 1.12 bits per heavy atom. The van der Waals surface area contributed by atoms with Gasteiger partial charge in [-0.15, -0.1) is 0 Å². The number of pyridine rings is 1. The van der Waals surface area contributed by atoms with E-state index in [1.165, 1.54) is 0 Å². The van der Waals surface area contributed by atoms with E-state index in [1.54, 1.807) is 6.20 Å². The third-order valence-corrected chi connectivity index (χ3v) is 4.16. The number of aliphatic imine (C=N–C) groups is 1. The second-order valence-corrected chi connectivity index (χ2v) is 6.65. The highest BCUT2D eigenvalue weighted by atomic mass is 16.5. The number of nitrogens with one attached hydrogen (secondary N) is 2. The number of ether oxygens (including phenoxy) is 1. The summed E-state index contributed by atoms with van der Waals surface area (Å²) in [5.41, 5.74) is 2.19. The number of nitrogens with zero attached hydrogens (tertiary/aromatic N) is 2. The number of aromatic nitrogens is 1. The predicted octanol–water partition coefficient (Wildman–Crippen LogP) is 3.76. The molecule has 0 saturated heterocycles. The molecule has 2 aromatic rings. The van der Waals surface area contributed by atoms with Crippen molar-refractivity contribution in [3.63, 3.8) is 0 Å². The lowest BCUT2D eigenvalue weighted by molar-refractivity contribution is 0.293. The molecule has 0 fully saturated rings. The highest BCUT2D eigenvalue weighted by molar-refractivity contribution is 5.80. The third kappa shape index (κ3) is 6.75. The molecule has 0 saturated carbocycles. The maximum absolute atomic E-state index is 5.79. The van der Waals surface area contributed by atoms with E-state index in [9.17, 15) is 0 Å². The lowest BCUT2D eigenvalue weighted by Crippen LogP contribution is -2.44. The lowest BCUT2D eigenvalue weighted by Gasteiger charge is -2.20. The maximum Gasteiger partial charge on any atom is 0.213 e. The van der Waals surface area contributed by atoms with Gasteiger partial charge in [-0.2, -0.15) is 0 Å². The molecule has 1 heterocycles. The minimum atomic E-state index is 0.356. The molecule has 0 aliphatic heterocycles. The average molecular weight is 354 g/mol. The lowest BCUT2D eigenvalue weighted by atomic mass is 10.1. The first-order valence-corrected chi connectivity index (χ1v) is 9.25. The minimum Gasteiger partial charge on any atom is -0.473 e. The molecular weight excluding hydrogens is 324 g/mol. The van der Waals surface area contributed by atoms with Crippen LogP contribution in [0.2, 0.25) is 0 Å². The van der Waals surface area contributed by atoms with E-state index in [0.29, 0.717) is 31.0 Å². The van der Waals surface area contributed by atoms with Crippen LogP contribution in [-0.2, 0) is 13.2 Å². The summed E-state index contributed by atoms with van der Waals surface area (Å²) in [5, 5.41) is 6.73. The van der Waals surface area contributed by atoms with Crippen molar-refractivity contribution >= 4 is 5.96 Å². The van der Waals surface area contributed by atoms with Gasteiger partial charge >= 0.3 is 0 Å². The van der Waals surface area contributed by atoms with Crippen molar-refractivity contribution in [1.29, 1.82) is 0 Å². The first-order chi connectivity index (χ1) is 12.6. The summed E-state index contributed by atoms with van der Waals surface area (Å²) < 4.78 is 5.79. The van der Waals surface area contributed by atoms with Crippen LogP contribution >= 0.6 is 0 Å². The molecule has 0 bridgehead atoms. The SMILES string of the molecule is CCNC(=NCc1ccnc(OCc2ccccc2)c1)NC(C)C(C)C. The fourth-order valence-electron chi connectivity index (χ4n) is 2.23. The molecule has 0 aliphatic rings. The standard InChI is InChI=1S/C21H30N4O/c1-5-22-21(25-17(4)16(2)3)24-14-19-11-12-23-20(13-19)26-15-18-9-7-6-8-10-18/h6-13,16-17H,5,14-15H2,1-4H3,(H2,22,24,25). The summed E-state index contributed by atoms with van der Waals surface area (Å²) in [6, 6.07) is 14.4. The molecule has 5 nitrogen and oxygen atoms in total. The highest BCUT2D eigenvalue weighted by Gasteiger charge is 2.08. The summed E-state index contributed by atoms with van der Waals surface area (Å²) in [4.78, 5) is 8.96. The molecule has 1 unspecified atom stereocenters. The van der Waals surface area contributed by atoms with Gasteiger partial charge in [-0.3, -0.25) is 0 Å². The highest BCUT2D eigenvalue weighted by Crippen LogP contribution is 2.12. The van der Waals surface area contributed by atoms with E-state index >= 15 is 0 Å². The fourth-order valence-corrected chi connectivity index (χ4v) is 2.23. The first kappa shape index (κ1) is 19.8. The predicted molar refractivity (Wildman–Crippen MR) is 107 cm³/mol. The second-order valence-electron chi connectivity index (χ2n) is 6.65. The summed E-state index contributed by atoms with van der Waals surface area (Å²) >= 11 is 0. The van der Waals surface area contributed by atoms with Crippen LogP contribution in [0.1, 0.15) is 38.8 Å². The van der Waals surface area contributed by atoms with E-state index in [4.69, 9.17) is 4.74 Å². The number of rotatable bonds is 8. The molecule has 26 heavy (non-hydrogen) atoms. The van der Waals surface area contributed by atoms with Crippen molar-refractivity contribution in [2.45, 2.75) is 46.9 Å². The van der Waals surface area contributed by atoms with Crippen molar-refractivity contribution in [3.05, 3.63) is 59.8 Å². The Morgan fingerprint density at radius 2 is 1.88 bits per heavy atom. The zero-order valence-corrected chi connectivity index (χ0v) is 16.2. The Morgan fingerprint density at radius 3 is 2.58 bits per heavy atom. The summed E-state index contributed by atoms with van der Waals surface area (Å²) in [7, 11) is 0. The summed E-state index contributed by atoms with van der Waals surface area (Å²) in [6.45, 7) is 10.5. The molecule has 1 atom stereocenters. The molecule has 1 aromatic carbocycles. The van der Waals surface area contributed by atoms with Gasteiger partial charge in [0.2, 0.25) is 5.88 Å². The summed E-state index contributed by atoms with van der Waals surface area (Å²) in [6.07, 6.45) is 1.77. The quantitative estimate of drug-likeness (QED) is 0.560. The van der Waals surface area contributed by atoms with Crippen molar-refractivity contribution < 1.29 is 4.74 Å². The van der Waals surface area contributed by atoms with Gasteiger partial charge in [0, 0.05) is 24.8 Å². The van der Waals surface area contributed by atoms with Gasteiger partial charge in [0.25, 0.3) is 0 Å². The Balaban J connectivity index is 1.97. The molecule has 5 heteroatoms. The Hall–Kier alpha value is -2.56. The fraction of sp³-hybridized carbons (Fsp3) is 0.429. The zero-order chi connectivity index (χ0) is 18.8. The number of guanidine groups is 1. The topological polar surface area (TPSA) is 58.5 Å². The van der Waals surface area contributed by atoms with Gasteiger partial charge in [0.15, 0.2) is 5.96 Å². The van der Waals surface area contributed by atoms with E-state index in [0.717, 1.165) is 23.6 Å². The van der Waals surface area contributed by atoms with Gasteiger partial charge in [0.05, 0.1) is 6.54 Å². The average Bonchev–Trinajstić information content (AvgIpc) is 2.65. The van der Waals surface area contributed by atoms with Crippen LogP contribution in [-0.4, -0.2) is 23.5 Å². The molecule has 2 N–H and O–H groups in total. The number of hydrogen-bond donors (Lipinski definition) is 2. The third-order valence-electron chi connectivity index (χ3n) is 4.16. The molecule has 0 spiro atoms. The second kappa shape index (κ2) is 10.4. The van der Waals surface area contributed by atoms with E-state index in [2.05, 4.69) is 48.3 Å². The van der Waals surface area contributed by atoms with Crippen molar-refractivity contribution in [2.24, 2.45) is 10.9 Å². The Kier molecular flexibility index (Phi) is 7.93. The largest absolute Gasteiger partial charge is 0.473 e. The first-order valence-electron chi connectivity index (χ1n) is 9.25. The number of benzene rings is 1. The molecule has 0 radical (unpaired) electrons. The molecular formula is C21H30N4O. The van der Waals surface area contributed by atoms with Crippen LogP contribution in [0.3, 0.4) is 0 Å². The van der Waals surface area contributed by atoms with E-state index in [1.807, 2.05) is 42.5 Å². The van der Waals surface area contributed by atoms with Gasteiger partial charge in [-0.25, -0.2) is 9.98 Å². The van der Waals surface area contributed by atoms with Crippen LogP contribution in [0, 0.1) is 5.92 Å². The van der Waals surface area contributed by atoms with E-state index in [-0.39, 0.29) is 0 Å². The maximum atomic E-state index is 5.79. The molecule has 2 rings (SSSR count). The van der Waals surface area contributed by atoms with Crippen molar-refractivity contribution in [3.8, 4) is 5.88 Å². The monoisotopic (exact) mass is 354 g/mol. The van der Waals surface area contributed by atoms with Crippen LogP contribution in [0.15, 0.2) is 53.7 Å². The van der Waals surface area contributed by atoms with Gasteiger partial charge in [-0.05, 0) is 37.0 Å². The van der Waals surface area contributed by atoms with Crippen molar-refractivity contribution in [2.75, 3.05) is 6.54 Å².